The minimum Gasteiger partial charge on any atom is -0.493 e. The largest absolute Gasteiger partial charge is 0.493 e. The van der Waals surface area contributed by atoms with Gasteiger partial charge in [0, 0.05) is 0 Å². The number of aryl methyl sites for hydroxylation is 2. The van der Waals surface area contributed by atoms with E-state index >= 15 is 0 Å². The molecule has 6 heteroatoms. The average Bonchev–Trinajstić information content (AvgIpc) is 3.00. The van der Waals surface area contributed by atoms with Gasteiger partial charge in [-0.3, -0.25) is 10.1 Å². The Morgan fingerprint density at radius 2 is 1.92 bits per heavy atom. The number of nitrogens with one attached hydrogen (secondary N) is 1. The molecular formula is C18H18N2O3S. The minimum atomic E-state index is -0.279. The number of benzene rings is 2. The molecule has 1 amide bonds. The van der Waals surface area contributed by atoms with Gasteiger partial charge >= 0.3 is 0 Å². The summed E-state index contributed by atoms with van der Waals surface area (Å²) in [6, 6.07) is 9.28. The molecule has 0 atom stereocenters. The summed E-state index contributed by atoms with van der Waals surface area (Å²) in [6.07, 6.45) is 0. The van der Waals surface area contributed by atoms with Crippen molar-refractivity contribution in [3.63, 3.8) is 0 Å². The van der Waals surface area contributed by atoms with Gasteiger partial charge in [0.1, 0.15) is 0 Å². The first kappa shape index (κ1) is 16.3. The summed E-state index contributed by atoms with van der Waals surface area (Å²) >= 11 is 1.45. The zero-order valence-corrected chi connectivity index (χ0v) is 14.8. The fraction of sp³-hybridized carbons (Fsp3) is 0.222. The maximum atomic E-state index is 12.6. The molecule has 0 saturated carbocycles. The molecule has 0 aliphatic rings. The molecule has 0 saturated heterocycles. The number of carbonyl (C=O) groups excluding carboxylic acids is 1. The Morgan fingerprint density at radius 3 is 2.62 bits per heavy atom. The van der Waals surface area contributed by atoms with Crippen LogP contribution in [0.15, 0.2) is 30.3 Å². The van der Waals surface area contributed by atoms with Crippen LogP contribution in [-0.2, 0) is 0 Å². The fourth-order valence-corrected chi connectivity index (χ4v) is 3.43. The highest BCUT2D eigenvalue weighted by atomic mass is 32.1. The number of methoxy groups -OCH3 is 2. The van der Waals surface area contributed by atoms with Gasteiger partial charge in [0.25, 0.3) is 5.91 Å². The fourth-order valence-electron chi connectivity index (χ4n) is 2.51. The number of hydrogen-bond acceptors (Lipinski definition) is 5. The lowest BCUT2D eigenvalue weighted by Gasteiger charge is -2.11. The molecule has 1 aromatic heterocycles. The standard InChI is InChI=1S/C18H18N2O3S/c1-10-8-9-14-15(11(10)2)19-18(24-14)20-17(21)12-6-5-7-13(22-3)16(12)23-4/h5-9H,1-4H3,(H,19,20,21). The zero-order valence-electron chi connectivity index (χ0n) is 14.0. The molecule has 3 aromatic rings. The Balaban J connectivity index is 1.94. The summed E-state index contributed by atoms with van der Waals surface area (Å²) in [5.41, 5.74) is 3.64. The molecule has 0 fully saturated rings. The Labute approximate surface area is 144 Å². The highest BCUT2D eigenvalue weighted by Crippen LogP contribution is 2.33. The molecule has 0 aliphatic carbocycles. The number of ether oxygens (including phenoxy) is 2. The van der Waals surface area contributed by atoms with Crippen LogP contribution in [0.25, 0.3) is 10.2 Å². The SMILES string of the molecule is COc1cccc(C(=O)Nc2nc3c(C)c(C)ccc3s2)c1OC. The number of carbonyl (C=O) groups is 1. The van der Waals surface area contributed by atoms with E-state index in [-0.39, 0.29) is 5.91 Å². The number of hydrogen-bond donors (Lipinski definition) is 1. The third-order valence-corrected chi connectivity index (χ3v) is 4.89. The molecule has 0 aliphatic heterocycles. The molecule has 0 spiro atoms. The van der Waals surface area contributed by atoms with Gasteiger partial charge in [-0.15, -0.1) is 0 Å². The van der Waals surface area contributed by atoms with E-state index in [2.05, 4.69) is 16.4 Å². The van der Waals surface area contributed by atoms with Crippen molar-refractivity contribution >= 4 is 32.6 Å². The Morgan fingerprint density at radius 1 is 1.12 bits per heavy atom. The van der Waals surface area contributed by atoms with Gasteiger partial charge < -0.3 is 9.47 Å². The predicted octanol–water partition coefficient (Wildman–Crippen LogP) is 4.18. The second-order valence-electron chi connectivity index (χ2n) is 5.37. The quantitative estimate of drug-likeness (QED) is 0.772. The molecule has 5 nitrogen and oxygen atoms in total. The number of para-hydroxylation sites is 1. The van der Waals surface area contributed by atoms with Crippen molar-refractivity contribution in [2.45, 2.75) is 13.8 Å². The minimum absolute atomic E-state index is 0.279. The van der Waals surface area contributed by atoms with Gasteiger partial charge in [-0.1, -0.05) is 23.5 Å². The summed E-state index contributed by atoms with van der Waals surface area (Å²) in [5.74, 6) is 0.644. The topological polar surface area (TPSA) is 60.5 Å². The third-order valence-electron chi connectivity index (χ3n) is 3.95. The normalized spacial score (nSPS) is 10.7. The van der Waals surface area contributed by atoms with E-state index < -0.39 is 0 Å². The summed E-state index contributed by atoms with van der Waals surface area (Å²) in [6.45, 7) is 4.08. The highest BCUT2D eigenvalue weighted by Gasteiger charge is 2.18. The first-order valence-electron chi connectivity index (χ1n) is 7.44. The number of aromatic nitrogens is 1. The van der Waals surface area contributed by atoms with Crippen molar-refractivity contribution < 1.29 is 14.3 Å². The number of anilines is 1. The summed E-state index contributed by atoms with van der Waals surface area (Å²) in [7, 11) is 3.05. The second kappa shape index (κ2) is 6.49. The van der Waals surface area contributed by atoms with Gasteiger partial charge in [0.15, 0.2) is 16.6 Å². The lowest BCUT2D eigenvalue weighted by Crippen LogP contribution is -2.13. The first-order chi connectivity index (χ1) is 11.5. The second-order valence-corrected chi connectivity index (χ2v) is 6.40. The van der Waals surface area contributed by atoms with Gasteiger partial charge in [-0.05, 0) is 43.2 Å². The lowest BCUT2D eigenvalue weighted by molar-refractivity contribution is 0.102. The zero-order chi connectivity index (χ0) is 17.3. The van der Waals surface area contributed by atoms with Gasteiger partial charge in [0.05, 0.1) is 30.0 Å². The maximum Gasteiger partial charge on any atom is 0.261 e. The number of amides is 1. The van der Waals surface area contributed by atoms with Gasteiger partial charge in [-0.2, -0.15) is 0 Å². The molecule has 0 bridgehead atoms. The van der Waals surface area contributed by atoms with Crippen LogP contribution in [0.4, 0.5) is 5.13 Å². The van der Waals surface area contributed by atoms with E-state index in [4.69, 9.17) is 9.47 Å². The van der Waals surface area contributed by atoms with E-state index in [0.717, 1.165) is 15.8 Å². The summed E-state index contributed by atoms with van der Waals surface area (Å²) in [5, 5.41) is 3.42. The molecule has 0 radical (unpaired) electrons. The van der Waals surface area contributed by atoms with Crippen molar-refractivity contribution in [1.82, 2.24) is 4.98 Å². The van der Waals surface area contributed by atoms with Crippen molar-refractivity contribution in [3.05, 3.63) is 47.0 Å². The van der Waals surface area contributed by atoms with Crippen LogP contribution in [-0.4, -0.2) is 25.1 Å². The van der Waals surface area contributed by atoms with E-state index in [1.54, 1.807) is 18.2 Å². The third kappa shape index (κ3) is 2.80. The molecular weight excluding hydrogens is 324 g/mol. The number of nitrogens with zero attached hydrogens (tertiary/aromatic N) is 1. The van der Waals surface area contributed by atoms with Crippen LogP contribution in [0.5, 0.6) is 11.5 Å². The molecule has 3 rings (SSSR count). The average molecular weight is 342 g/mol. The summed E-state index contributed by atoms with van der Waals surface area (Å²) < 4.78 is 11.6. The molecule has 1 heterocycles. The van der Waals surface area contributed by atoms with Crippen LogP contribution in [0.3, 0.4) is 0 Å². The predicted molar refractivity (Wildman–Crippen MR) is 96.6 cm³/mol. The lowest BCUT2D eigenvalue weighted by atomic mass is 10.1. The van der Waals surface area contributed by atoms with E-state index in [1.807, 2.05) is 19.9 Å². The molecule has 124 valence electrons. The van der Waals surface area contributed by atoms with Crippen molar-refractivity contribution in [2.24, 2.45) is 0 Å². The van der Waals surface area contributed by atoms with Crippen LogP contribution in [0, 0.1) is 13.8 Å². The molecule has 0 unspecified atom stereocenters. The van der Waals surface area contributed by atoms with Crippen molar-refractivity contribution in [3.8, 4) is 11.5 Å². The van der Waals surface area contributed by atoms with E-state index in [9.17, 15) is 4.79 Å². The number of fused-ring (bicyclic) bond motifs is 1. The monoisotopic (exact) mass is 342 g/mol. The Bertz CT molecular complexity index is 918. The van der Waals surface area contributed by atoms with E-state index in [1.165, 1.54) is 31.1 Å². The van der Waals surface area contributed by atoms with E-state index in [0.29, 0.717) is 22.2 Å². The van der Waals surface area contributed by atoms with Gasteiger partial charge in [0.2, 0.25) is 0 Å². The Kier molecular flexibility index (Phi) is 4.40. The van der Waals surface area contributed by atoms with Crippen LogP contribution in [0.1, 0.15) is 21.5 Å². The molecule has 24 heavy (non-hydrogen) atoms. The van der Waals surface area contributed by atoms with Crippen LogP contribution < -0.4 is 14.8 Å². The Hall–Kier alpha value is -2.60. The van der Waals surface area contributed by atoms with Crippen molar-refractivity contribution in [1.29, 1.82) is 0 Å². The highest BCUT2D eigenvalue weighted by molar-refractivity contribution is 7.22. The maximum absolute atomic E-state index is 12.6. The first-order valence-corrected chi connectivity index (χ1v) is 8.26. The molecule has 2 aromatic carbocycles. The number of thiazole rings is 1. The molecule has 1 N–H and O–H groups in total. The number of rotatable bonds is 4. The smallest absolute Gasteiger partial charge is 0.261 e. The van der Waals surface area contributed by atoms with Crippen LogP contribution in [0.2, 0.25) is 0 Å². The van der Waals surface area contributed by atoms with Crippen molar-refractivity contribution in [2.75, 3.05) is 19.5 Å². The van der Waals surface area contributed by atoms with Crippen LogP contribution >= 0.6 is 11.3 Å². The van der Waals surface area contributed by atoms with Gasteiger partial charge in [-0.25, -0.2) is 4.98 Å². The summed E-state index contributed by atoms with van der Waals surface area (Å²) in [4.78, 5) is 17.2.